The molecular weight excluding hydrogens is 316 g/mol. The van der Waals surface area contributed by atoms with Crippen LogP contribution in [0.15, 0.2) is 18.2 Å². The number of carbonyl (C=O) groups excluding carboxylic acids is 2. The monoisotopic (exact) mass is 342 g/mol. The van der Waals surface area contributed by atoms with E-state index < -0.39 is 0 Å². The second kappa shape index (κ2) is 6.86. The van der Waals surface area contributed by atoms with Gasteiger partial charge in [-0.1, -0.05) is 0 Å². The Labute approximate surface area is 148 Å². The van der Waals surface area contributed by atoms with Crippen LogP contribution < -0.4 is 5.32 Å². The highest BCUT2D eigenvalue weighted by atomic mass is 16.2. The lowest BCUT2D eigenvalue weighted by Gasteiger charge is -2.30. The quantitative estimate of drug-likeness (QED) is 0.932. The number of benzene rings is 1. The number of amides is 2. The molecule has 2 aromatic rings. The van der Waals surface area contributed by atoms with Gasteiger partial charge in [0.2, 0.25) is 11.8 Å². The van der Waals surface area contributed by atoms with E-state index in [0.29, 0.717) is 19.1 Å². The molecule has 1 saturated heterocycles. The Bertz CT molecular complexity index is 801. The van der Waals surface area contributed by atoms with Crippen molar-refractivity contribution in [3.63, 3.8) is 0 Å². The Morgan fingerprint density at radius 3 is 2.52 bits per heavy atom. The van der Waals surface area contributed by atoms with Gasteiger partial charge in [0.05, 0.1) is 11.0 Å². The van der Waals surface area contributed by atoms with E-state index in [0.717, 1.165) is 35.4 Å². The normalized spacial score (nSPS) is 15.8. The number of aromatic nitrogens is 2. The zero-order valence-corrected chi connectivity index (χ0v) is 15.4. The summed E-state index contributed by atoms with van der Waals surface area (Å²) in [6.07, 6.45) is 1.43. The number of aryl methyl sites for hydroxylation is 1. The lowest BCUT2D eigenvalue weighted by Crippen LogP contribution is -2.40. The number of hydrogen-bond donors (Lipinski definition) is 1. The number of carbonyl (C=O) groups is 2. The maximum atomic E-state index is 12.5. The van der Waals surface area contributed by atoms with Crippen molar-refractivity contribution in [1.29, 1.82) is 0 Å². The molecular formula is C19H26N4O2. The molecule has 0 atom stereocenters. The first-order valence-electron chi connectivity index (χ1n) is 8.91. The average Bonchev–Trinajstić information content (AvgIpc) is 2.90. The van der Waals surface area contributed by atoms with Crippen LogP contribution in [0.2, 0.25) is 0 Å². The van der Waals surface area contributed by atoms with Crippen LogP contribution in [0.1, 0.15) is 45.5 Å². The molecule has 0 aliphatic carbocycles. The fourth-order valence-electron chi connectivity index (χ4n) is 3.65. The molecule has 0 saturated carbocycles. The maximum Gasteiger partial charge on any atom is 0.227 e. The Morgan fingerprint density at radius 2 is 1.92 bits per heavy atom. The molecule has 134 valence electrons. The maximum absolute atomic E-state index is 12.5. The van der Waals surface area contributed by atoms with Crippen LogP contribution in [0.4, 0.5) is 5.69 Å². The third-order valence-electron chi connectivity index (χ3n) is 4.96. The number of imidazole rings is 1. The summed E-state index contributed by atoms with van der Waals surface area (Å²) < 4.78 is 2.19. The predicted molar refractivity (Wildman–Crippen MR) is 98.5 cm³/mol. The first kappa shape index (κ1) is 17.5. The van der Waals surface area contributed by atoms with E-state index in [4.69, 9.17) is 0 Å². The van der Waals surface area contributed by atoms with Gasteiger partial charge in [-0.05, 0) is 51.8 Å². The lowest BCUT2D eigenvalue weighted by atomic mass is 9.96. The summed E-state index contributed by atoms with van der Waals surface area (Å²) in [5, 5.41) is 3.01. The third-order valence-corrected chi connectivity index (χ3v) is 4.96. The van der Waals surface area contributed by atoms with Crippen molar-refractivity contribution in [2.45, 2.75) is 46.6 Å². The molecule has 1 aliphatic heterocycles. The molecule has 6 heteroatoms. The van der Waals surface area contributed by atoms with Crippen molar-refractivity contribution in [2.75, 3.05) is 18.4 Å². The molecule has 1 aromatic carbocycles. The number of piperidine rings is 1. The summed E-state index contributed by atoms with van der Waals surface area (Å²) in [7, 11) is 0. The van der Waals surface area contributed by atoms with E-state index >= 15 is 0 Å². The van der Waals surface area contributed by atoms with Gasteiger partial charge in [-0.25, -0.2) is 4.98 Å². The minimum absolute atomic E-state index is 0.0302. The van der Waals surface area contributed by atoms with Gasteiger partial charge in [0, 0.05) is 37.7 Å². The standard InChI is InChI=1S/C19H26N4O2/c1-12(2)23-13(3)20-17-11-16(5-6-18(17)23)21-19(25)15-7-9-22(10-8-15)14(4)24/h5-6,11-12,15H,7-10H2,1-4H3,(H,21,25). The number of rotatable bonds is 3. The molecule has 0 unspecified atom stereocenters. The average molecular weight is 342 g/mol. The Morgan fingerprint density at radius 1 is 1.24 bits per heavy atom. The topological polar surface area (TPSA) is 67.2 Å². The summed E-state index contributed by atoms with van der Waals surface area (Å²) >= 11 is 0. The van der Waals surface area contributed by atoms with Crippen LogP contribution in [-0.4, -0.2) is 39.4 Å². The van der Waals surface area contributed by atoms with Crippen LogP contribution in [-0.2, 0) is 9.59 Å². The minimum Gasteiger partial charge on any atom is -0.343 e. The second-order valence-electron chi connectivity index (χ2n) is 7.10. The molecule has 6 nitrogen and oxygen atoms in total. The van der Waals surface area contributed by atoms with E-state index in [-0.39, 0.29) is 17.7 Å². The zero-order valence-electron chi connectivity index (χ0n) is 15.4. The smallest absolute Gasteiger partial charge is 0.227 e. The lowest BCUT2D eigenvalue weighted by molar-refractivity contribution is -0.132. The van der Waals surface area contributed by atoms with Gasteiger partial charge in [-0.2, -0.15) is 0 Å². The first-order chi connectivity index (χ1) is 11.9. The number of anilines is 1. The van der Waals surface area contributed by atoms with Gasteiger partial charge in [0.1, 0.15) is 5.82 Å². The van der Waals surface area contributed by atoms with Crippen LogP contribution in [0.25, 0.3) is 11.0 Å². The number of hydrogen-bond acceptors (Lipinski definition) is 3. The molecule has 1 aromatic heterocycles. The number of nitrogens with one attached hydrogen (secondary N) is 1. The van der Waals surface area contributed by atoms with E-state index in [9.17, 15) is 9.59 Å². The van der Waals surface area contributed by atoms with E-state index in [1.54, 1.807) is 11.8 Å². The molecule has 0 spiro atoms. The predicted octanol–water partition coefficient (Wildman–Crippen LogP) is 3.12. The highest BCUT2D eigenvalue weighted by molar-refractivity contribution is 5.94. The molecule has 0 bridgehead atoms. The van der Waals surface area contributed by atoms with Crippen LogP contribution >= 0.6 is 0 Å². The molecule has 1 N–H and O–H groups in total. The fourth-order valence-corrected chi connectivity index (χ4v) is 3.65. The van der Waals surface area contributed by atoms with Crippen molar-refractivity contribution >= 4 is 28.5 Å². The van der Waals surface area contributed by atoms with Crippen molar-refractivity contribution in [3.8, 4) is 0 Å². The SMILES string of the molecule is CC(=O)N1CCC(C(=O)Nc2ccc3c(c2)nc(C)n3C(C)C)CC1. The van der Waals surface area contributed by atoms with Crippen molar-refractivity contribution in [1.82, 2.24) is 14.5 Å². The number of nitrogens with zero attached hydrogens (tertiary/aromatic N) is 3. The van der Waals surface area contributed by atoms with Gasteiger partial charge in [0.25, 0.3) is 0 Å². The summed E-state index contributed by atoms with van der Waals surface area (Å²) in [6, 6.07) is 6.23. The zero-order chi connectivity index (χ0) is 18.1. The molecule has 1 aliphatic rings. The van der Waals surface area contributed by atoms with Crippen LogP contribution in [0.5, 0.6) is 0 Å². The second-order valence-corrected chi connectivity index (χ2v) is 7.10. The minimum atomic E-state index is -0.0405. The number of likely N-dealkylation sites (tertiary alicyclic amines) is 1. The van der Waals surface area contributed by atoms with Crippen molar-refractivity contribution in [2.24, 2.45) is 5.92 Å². The van der Waals surface area contributed by atoms with Gasteiger partial charge in [-0.3, -0.25) is 9.59 Å². The molecule has 2 amide bonds. The van der Waals surface area contributed by atoms with E-state index in [1.807, 2.05) is 25.1 Å². The Kier molecular flexibility index (Phi) is 4.79. The van der Waals surface area contributed by atoms with E-state index in [1.165, 1.54) is 0 Å². The van der Waals surface area contributed by atoms with Gasteiger partial charge >= 0.3 is 0 Å². The summed E-state index contributed by atoms with van der Waals surface area (Å²) in [4.78, 5) is 30.3. The summed E-state index contributed by atoms with van der Waals surface area (Å²) in [5.41, 5.74) is 2.76. The largest absolute Gasteiger partial charge is 0.343 e. The third kappa shape index (κ3) is 3.52. The Hall–Kier alpha value is -2.37. The van der Waals surface area contributed by atoms with Crippen molar-refractivity contribution < 1.29 is 9.59 Å². The first-order valence-corrected chi connectivity index (χ1v) is 8.91. The molecule has 0 radical (unpaired) electrons. The molecule has 25 heavy (non-hydrogen) atoms. The summed E-state index contributed by atoms with van der Waals surface area (Å²) in [5.74, 6) is 1.05. The number of fused-ring (bicyclic) bond motifs is 1. The van der Waals surface area contributed by atoms with Gasteiger partial charge in [0.15, 0.2) is 0 Å². The fraction of sp³-hybridized carbons (Fsp3) is 0.526. The highest BCUT2D eigenvalue weighted by Gasteiger charge is 2.26. The van der Waals surface area contributed by atoms with Gasteiger partial charge in [-0.15, -0.1) is 0 Å². The van der Waals surface area contributed by atoms with Crippen LogP contribution in [0, 0.1) is 12.8 Å². The van der Waals surface area contributed by atoms with Crippen LogP contribution in [0.3, 0.4) is 0 Å². The molecule has 2 heterocycles. The van der Waals surface area contributed by atoms with Gasteiger partial charge < -0.3 is 14.8 Å². The molecule has 3 rings (SSSR count). The molecule has 1 fully saturated rings. The van der Waals surface area contributed by atoms with Crippen molar-refractivity contribution in [3.05, 3.63) is 24.0 Å². The highest BCUT2D eigenvalue weighted by Crippen LogP contribution is 2.25. The van der Waals surface area contributed by atoms with E-state index in [2.05, 4.69) is 28.7 Å². The Balaban J connectivity index is 1.71. The summed E-state index contributed by atoms with van der Waals surface area (Å²) in [6.45, 7) is 9.16.